The van der Waals surface area contributed by atoms with Gasteiger partial charge in [-0.2, -0.15) is 13.2 Å². The molecule has 0 radical (unpaired) electrons. The van der Waals surface area contributed by atoms with Gasteiger partial charge in [-0.15, -0.1) is 0 Å². The van der Waals surface area contributed by atoms with Crippen molar-refractivity contribution in [2.45, 2.75) is 128 Å². The zero-order chi connectivity index (χ0) is 27.3. The van der Waals surface area contributed by atoms with Crippen molar-refractivity contribution in [3.05, 3.63) is 35.4 Å². The second-order valence-electron chi connectivity index (χ2n) is 13.1. The maximum absolute atomic E-state index is 13.3. The van der Waals surface area contributed by atoms with E-state index in [1.165, 1.54) is 69.9 Å². The van der Waals surface area contributed by atoms with Crippen LogP contribution < -0.4 is 0 Å². The van der Waals surface area contributed by atoms with E-state index in [9.17, 15) is 18.0 Å². The van der Waals surface area contributed by atoms with E-state index in [1.54, 1.807) is 12.1 Å². The van der Waals surface area contributed by atoms with Gasteiger partial charge in [-0.3, -0.25) is 9.69 Å². The highest BCUT2D eigenvalue weighted by Gasteiger charge is 2.41. The average Bonchev–Trinajstić information content (AvgIpc) is 3.39. The number of carbonyl (C=O) groups is 1. The van der Waals surface area contributed by atoms with Crippen LogP contribution in [0, 0.1) is 17.3 Å². The Morgan fingerprint density at radius 1 is 0.974 bits per heavy atom. The number of esters is 1. The van der Waals surface area contributed by atoms with Crippen LogP contribution in [0.25, 0.3) is 0 Å². The summed E-state index contributed by atoms with van der Waals surface area (Å²) in [5, 5.41) is 0. The lowest BCUT2D eigenvalue weighted by molar-refractivity contribution is -0.144. The minimum atomic E-state index is -4.33. The third-order valence-electron chi connectivity index (χ3n) is 9.82. The molecule has 4 rings (SSSR count). The second kappa shape index (κ2) is 12.7. The van der Waals surface area contributed by atoms with Crippen LogP contribution >= 0.6 is 0 Å². The normalized spacial score (nSPS) is 27.1. The van der Waals surface area contributed by atoms with Crippen molar-refractivity contribution < 1.29 is 22.7 Å². The molecule has 1 aromatic carbocycles. The van der Waals surface area contributed by atoms with Crippen molar-refractivity contribution in [3.63, 3.8) is 0 Å². The second-order valence-corrected chi connectivity index (χ2v) is 13.1. The molecule has 3 atom stereocenters. The molecule has 0 aromatic heterocycles. The molecule has 0 bridgehead atoms. The maximum atomic E-state index is 13.3. The lowest BCUT2D eigenvalue weighted by Crippen LogP contribution is -2.50. The molecule has 38 heavy (non-hydrogen) atoms. The number of hydrogen-bond donors (Lipinski definition) is 0. The van der Waals surface area contributed by atoms with Crippen molar-refractivity contribution >= 4 is 5.97 Å². The Hall–Kier alpha value is -1.56. The lowest BCUT2D eigenvalue weighted by atomic mass is 9.70. The van der Waals surface area contributed by atoms with Crippen molar-refractivity contribution in [2.75, 3.05) is 13.2 Å². The first kappa shape index (κ1) is 29.4. The number of benzene rings is 1. The summed E-state index contributed by atoms with van der Waals surface area (Å²) in [6.07, 6.45) is 10.3. The van der Waals surface area contributed by atoms with Gasteiger partial charge in [0.15, 0.2) is 0 Å². The zero-order valence-electron chi connectivity index (χ0n) is 23.7. The van der Waals surface area contributed by atoms with E-state index in [1.807, 2.05) is 6.92 Å². The lowest BCUT2D eigenvalue weighted by Gasteiger charge is -2.49. The SMILES string of the molecule is CCOC(=O)C[C@@H]1CC[C@@H](N(CCC2CCCC2)C2CCC(C)(C)CC2)[C@H](c2ccc(C(F)(F)F)cc2)C1. The van der Waals surface area contributed by atoms with Crippen LogP contribution in [0.5, 0.6) is 0 Å². The first-order chi connectivity index (χ1) is 18.1. The number of alkyl halides is 3. The van der Waals surface area contributed by atoms with Crippen LogP contribution in [-0.4, -0.2) is 36.1 Å². The fourth-order valence-electron chi connectivity index (χ4n) is 7.52. The fourth-order valence-corrected chi connectivity index (χ4v) is 7.52. The largest absolute Gasteiger partial charge is 0.466 e. The van der Waals surface area contributed by atoms with Gasteiger partial charge < -0.3 is 4.74 Å². The van der Waals surface area contributed by atoms with E-state index in [0.717, 1.165) is 37.3 Å². The van der Waals surface area contributed by atoms with E-state index in [-0.39, 0.29) is 17.8 Å². The van der Waals surface area contributed by atoms with Gasteiger partial charge in [0.2, 0.25) is 0 Å². The Morgan fingerprint density at radius 2 is 1.63 bits per heavy atom. The van der Waals surface area contributed by atoms with Crippen LogP contribution in [0.3, 0.4) is 0 Å². The van der Waals surface area contributed by atoms with Crippen LogP contribution in [-0.2, 0) is 15.7 Å². The molecule has 0 unspecified atom stereocenters. The predicted molar refractivity (Wildman–Crippen MR) is 146 cm³/mol. The molecule has 3 nitrogen and oxygen atoms in total. The molecule has 0 saturated heterocycles. The Balaban J connectivity index is 1.59. The average molecular weight is 536 g/mol. The van der Waals surface area contributed by atoms with E-state index >= 15 is 0 Å². The van der Waals surface area contributed by atoms with Gasteiger partial charge in [0.05, 0.1) is 12.2 Å². The molecule has 3 aliphatic carbocycles. The number of nitrogens with zero attached hydrogens (tertiary/aromatic N) is 1. The first-order valence-corrected chi connectivity index (χ1v) is 15.1. The predicted octanol–water partition coefficient (Wildman–Crippen LogP) is 8.76. The van der Waals surface area contributed by atoms with Crippen LogP contribution in [0.1, 0.15) is 121 Å². The van der Waals surface area contributed by atoms with Gasteiger partial charge in [0, 0.05) is 18.5 Å². The highest BCUT2D eigenvalue weighted by Crippen LogP contribution is 2.45. The minimum Gasteiger partial charge on any atom is -0.466 e. The third kappa shape index (κ3) is 7.76. The smallest absolute Gasteiger partial charge is 0.416 e. The standard InChI is InChI=1S/C32H48F3NO2/c1-4-38-30(37)22-24-9-14-29(28(21-24)25-10-12-26(13-11-25)32(33,34)35)36(20-17-23-7-5-6-8-23)27-15-18-31(2,3)19-16-27/h10-13,23-24,27-29H,4-9,14-22H2,1-3H3/t24-,28+,29-/m1/s1. The molecule has 0 N–H and O–H groups in total. The van der Waals surface area contributed by atoms with Crippen LogP contribution in [0.2, 0.25) is 0 Å². The maximum Gasteiger partial charge on any atom is 0.416 e. The topological polar surface area (TPSA) is 29.5 Å². The van der Waals surface area contributed by atoms with Crippen LogP contribution in [0.15, 0.2) is 24.3 Å². The zero-order valence-corrected chi connectivity index (χ0v) is 23.7. The minimum absolute atomic E-state index is 0.129. The van der Waals surface area contributed by atoms with E-state index in [2.05, 4.69) is 18.7 Å². The molecule has 3 saturated carbocycles. The van der Waals surface area contributed by atoms with Gasteiger partial charge in [-0.1, -0.05) is 51.7 Å². The molecule has 0 amide bonds. The highest BCUT2D eigenvalue weighted by atomic mass is 19.4. The van der Waals surface area contributed by atoms with Crippen LogP contribution in [0.4, 0.5) is 13.2 Å². The molecular weight excluding hydrogens is 487 g/mol. The number of rotatable bonds is 9. The summed E-state index contributed by atoms with van der Waals surface area (Å²) in [6, 6.07) is 6.73. The summed E-state index contributed by atoms with van der Waals surface area (Å²) in [6.45, 7) is 8.03. The van der Waals surface area contributed by atoms with Gasteiger partial charge in [-0.05, 0) is 106 Å². The van der Waals surface area contributed by atoms with Gasteiger partial charge in [0.25, 0.3) is 0 Å². The molecule has 3 fully saturated rings. The quantitative estimate of drug-likeness (QED) is 0.296. The summed E-state index contributed by atoms with van der Waals surface area (Å²) in [4.78, 5) is 15.1. The van der Waals surface area contributed by atoms with E-state index in [0.29, 0.717) is 30.5 Å². The van der Waals surface area contributed by atoms with Crippen molar-refractivity contribution in [3.8, 4) is 0 Å². The molecule has 0 aliphatic heterocycles. The highest BCUT2D eigenvalue weighted by molar-refractivity contribution is 5.69. The first-order valence-electron chi connectivity index (χ1n) is 15.1. The molecule has 6 heteroatoms. The van der Waals surface area contributed by atoms with Crippen molar-refractivity contribution in [1.29, 1.82) is 0 Å². The fraction of sp³-hybridized carbons (Fsp3) is 0.781. The van der Waals surface area contributed by atoms with Gasteiger partial charge in [0.1, 0.15) is 0 Å². The third-order valence-corrected chi connectivity index (χ3v) is 9.82. The van der Waals surface area contributed by atoms with Crippen molar-refractivity contribution in [2.24, 2.45) is 17.3 Å². The monoisotopic (exact) mass is 535 g/mol. The number of hydrogen-bond acceptors (Lipinski definition) is 3. The van der Waals surface area contributed by atoms with E-state index in [4.69, 9.17) is 4.74 Å². The summed E-state index contributed by atoms with van der Waals surface area (Å²) in [7, 11) is 0. The van der Waals surface area contributed by atoms with E-state index < -0.39 is 11.7 Å². The van der Waals surface area contributed by atoms with Crippen molar-refractivity contribution in [1.82, 2.24) is 4.90 Å². The molecule has 3 aliphatic rings. The summed E-state index contributed by atoms with van der Waals surface area (Å²) < 4.78 is 45.3. The summed E-state index contributed by atoms with van der Waals surface area (Å²) >= 11 is 0. The molecular formula is C32H48F3NO2. The number of carbonyl (C=O) groups excluding carboxylic acids is 1. The molecule has 1 aromatic rings. The Bertz CT molecular complexity index is 881. The summed E-state index contributed by atoms with van der Waals surface area (Å²) in [5.74, 6) is 0.987. The Kier molecular flexibility index (Phi) is 9.87. The number of ether oxygens (including phenoxy) is 1. The van der Waals surface area contributed by atoms with Gasteiger partial charge in [-0.25, -0.2) is 0 Å². The van der Waals surface area contributed by atoms with Gasteiger partial charge >= 0.3 is 12.1 Å². The molecule has 0 heterocycles. The molecule has 0 spiro atoms. The number of halogens is 3. The molecule has 214 valence electrons. The Morgan fingerprint density at radius 3 is 2.24 bits per heavy atom. The Labute approximate surface area is 227 Å². The summed E-state index contributed by atoms with van der Waals surface area (Å²) in [5.41, 5.74) is 0.778.